The third-order valence-corrected chi connectivity index (χ3v) is 3.61. The molecule has 2 rings (SSSR count). The van der Waals surface area contributed by atoms with E-state index in [1.807, 2.05) is 6.92 Å². The number of nitrogens with zero attached hydrogens (tertiary/aromatic N) is 2. The van der Waals surface area contributed by atoms with Crippen molar-refractivity contribution in [2.75, 3.05) is 19.8 Å². The number of ether oxygens (including phenoxy) is 1. The highest BCUT2D eigenvalue weighted by atomic mass is 16.5. The summed E-state index contributed by atoms with van der Waals surface area (Å²) in [4.78, 5) is 29.5. The summed E-state index contributed by atoms with van der Waals surface area (Å²) in [5.74, 6) is -1.79. The van der Waals surface area contributed by atoms with Gasteiger partial charge < -0.3 is 14.7 Å². The molecule has 1 aromatic heterocycles. The number of carbonyl (C=O) groups is 2. The lowest BCUT2D eigenvalue weighted by Gasteiger charge is -2.29. The highest BCUT2D eigenvalue weighted by molar-refractivity contribution is 5.95. The van der Waals surface area contributed by atoms with Crippen LogP contribution in [0.1, 0.15) is 23.0 Å². The topological polar surface area (TPSA) is 79.7 Å². The Bertz CT molecular complexity index is 518. The van der Waals surface area contributed by atoms with Crippen molar-refractivity contribution in [2.24, 2.45) is 5.92 Å². The van der Waals surface area contributed by atoms with Gasteiger partial charge in [-0.05, 0) is 26.0 Å². The Morgan fingerprint density at radius 1 is 1.50 bits per heavy atom. The highest BCUT2D eigenvalue weighted by Crippen LogP contribution is 2.22. The van der Waals surface area contributed by atoms with Gasteiger partial charge >= 0.3 is 5.97 Å². The van der Waals surface area contributed by atoms with Crippen molar-refractivity contribution in [1.29, 1.82) is 0 Å². The fourth-order valence-corrected chi connectivity index (χ4v) is 2.48. The Balaban J connectivity index is 2.26. The summed E-state index contributed by atoms with van der Waals surface area (Å²) in [5.41, 5.74) is 1.15. The molecule has 0 aromatic carbocycles. The van der Waals surface area contributed by atoms with E-state index in [9.17, 15) is 14.7 Å². The zero-order chi connectivity index (χ0) is 14.7. The largest absolute Gasteiger partial charge is 0.481 e. The molecule has 1 aromatic rings. The molecule has 108 valence electrons. The summed E-state index contributed by atoms with van der Waals surface area (Å²) in [6.45, 7) is 4.44. The van der Waals surface area contributed by atoms with E-state index in [1.165, 1.54) is 0 Å². The molecule has 1 amide bonds. The van der Waals surface area contributed by atoms with E-state index in [0.29, 0.717) is 17.8 Å². The minimum Gasteiger partial charge on any atom is -0.481 e. The molecule has 0 radical (unpaired) electrons. The number of carboxylic acid groups (broad SMARTS) is 1. The third kappa shape index (κ3) is 2.65. The second kappa shape index (κ2) is 6.00. The molecule has 0 bridgehead atoms. The van der Waals surface area contributed by atoms with Crippen molar-refractivity contribution >= 4 is 11.9 Å². The number of carboxylic acids is 1. The van der Waals surface area contributed by atoms with Crippen molar-refractivity contribution in [2.45, 2.75) is 19.9 Å². The average Bonchev–Trinajstić information content (AvgIpc) is 2.89. The molecule has 2 unspecified atom stereocenters. The zero-order valence-corrected chi connectivity index (χ0v) is 11.6. The van der Waals surface area contributed by atoms with Crippen molar-refractivity contribution in [3.63, 3.8) is 0 Å². The summed E-state index contributed by atoms with van der Waals surface area (Å²) >= 11 is 0. The number of pyridine rings is 1. The second-order valence-electron chi connectivity index (χ2n) is 4.78. The predicted molar refractivity (Wildman–Crippen MR) is 71.4 cm³/mol. The number of amides is 1. The first kappa shape index (κ1) is 14.5. The maximum atomic E-state index is 12.6. The molecular weight excluding hydrogens is 260 g/mol. The van der Waals surface area contributed by atoms with Gasteiger partial charge in [0.1, 0.15) is 5.92 Å². The molecule has 2 atom stereocenters. The Morgan fingerprint density at radius 3 is 2.85 bits per heavy atom. The van der Waals surface area contributed by atoms with Gasteiger partial charge in [0.15, 0.2) is 0 Å². The van der Waals surface area contributed by atoms with E-state index in [4.69, 9.17) is 4.74 Å². The summed E-state index contributed by atoms with van der Waals surface area (Å²) in [7, 11) is 0. The molecule has 1 aliphatic rings. The van der Waals surface area contributed by atoms with Gasteiger partial charge in [0, 0.05) is 18.4 Å². The van der Waals surface area contributed by atoms with Crippen LogP contribution in [0, 0.1) is 12.8 Å². The van der Waals surface area contributed by atoms with E-state index in [-0.39, 0.29) is 19.1 Å². The molecule has 1 N–H and O–H groups in total. The molecule has 1 saturated heterocycles. The van der Waals surface area contributed by atoms with Crippen LogP contribution < -0.4 is 0 Å². The summed E-state index contributed by atoms with van der Waals surface area (Å²) < 4.78 is 5.24. The maximum absolute atomic E-state index is 12.6. The molecule has 6 heteroatoms. The van der Waals surface area contributed by atoms with E-state index >= 15 is 0 Å². The summed E-state index contributed by atoms with van der Waals surface area (Å²) in [6, 6.07) is 2.98. The molecule has 0 saturated carbocycles. The molecule has 0 spiro atoms. The first-order valence-corrected chi connectivity index (χ1v) is 6.59. The molecule has 2 heterocycles. The lowest BCUT2D eigenvalue weighted by atomic mass is 10.0. The van der Waals surface area contributed by atoms with Gasteiger partial charge in [0.2, 0.25) is 0 Å². The molecule has 6 nitrogen and oxygen atoms in total. The van der Waals surface area contributed by atoms with E-state index in [1.54, 1.807) is 30.2 Å². The van der Waals surface area contributed by atoms with Gasteiger partial charge in [-0.2, -0.15) is 0 Å². The highest BCUT2D eigenvalue weighted by Gasteiger charge is 2.39. The van der Waals surface area contributed by atoms with Crippen LogP contribution in [0.5, 0.6) is 0 Å². The third-order valence-electron chi connectivity index (χ3n) is 3.61. The number of hydrogen-bond donors (Lipinski definition) is 1. The number of aromatic nitrogens is 1. The van der Waals surface area contributed by atoms with E-state index < -0.39 is 17.9 Å². The predicted octanol–water partition coefficient (Wildman–Crippen LogP) is 0.952. The Labute approximate surface area is 117 Å². The van der Waals surface area contributed by atoms with Gasteiger partial charge in [-0.3, -0.25) is 14.6 Å². The lowest BCUT2D eigenvalue weighted by molar-refractivity contribution is -0.142. The number of rotatable bonds is 4. The van der Waals surface area contributed by atoms with Crippen LogP contribution >= 0.6 is 0 Å². The summed E-state index contributed by atoms with van der Waals surface area (Å²) in [6.07, 6.45) is 1.63. The average molecular weight is 278 g/mol. The van der Waals surface area contributed by atoms with Crippen molar-refractivity contribution in [1.82, 2.24) is 9.88 Å². The van der Waals surface area contributed by atoms with Crippen molar-refractivity contribution < 1.29 is 19.4 Å². The Kier molecular flexibility index (Phi) is 4.34. The van der Waals surface area contributed by atoms with Crippen LogP contribution in [0.25, 0.3) is 0 Å². The minimum atomic E-state index is -0.929. The van der Waals surface area contributed by atoms with Crippen molar-refractivity contribution in [3.8, 4) is 0 Å². The standard InChI is InChI=1S/C14H18N2O4/c1-3-16(12-8-20-7-11(12)14(18)19)13(17)10-5-4-6-15-9(10)2/h4-6,11-12H,3,7-8H2,1-2H3,(H,18,19). The number of aliphatic carboxylic acids is 1. The molecular formula is C14H18N2O4. The molecule has 20 heavy (non-hydrogen) atoms. The molecule has 0 aliphatic carbocycles. The van der Waals surface area contributed by atoms with Gasteiger partial charge in [-0.25, -0.2) is 0 Å². The quantitative estimate of drug-likeness (QED) is 0.887. The lowest BCUT2D eigenvalue weighted by Crippen LogP contribution is -2.46. The van der Waals surface area contributed by atoms with Crippen LogP contribution in [0.3, 0.4) is 0 Å². The normalized spacial score (nSPS) is 21.7. The van der Waals surface area contributed by atoms with Crippen LogP contribution in [0.15, 0.2) is 18.3 Å². The SMILES string of the molecule is CCN(C(=O)c1cccnc1C)C1COCC1C(=O)O. The fraction of sp³-hybridized carbons (Fsp3) is 0.500. The van der Waals surface area contributed by atoms with Crippen LogP contribution in [0.2, 0.25) is 0 Å². The van der Waals surface area contributed by atoms with Crippen LogP contribution in [0.4, 0.5) is 0 Å². The minimum absolute atomic E-state index is 0.149. The summed E-state index contributed by atoms with van der Waals surface area (Å²) in [5, 5.41) is 9.20. The molecule has 1 aliphatic heterocycles. The fourth-order valence-electron chi connectivity index (χ4n) is 2.48. The number of carbonyl (C=O) groups excluding carboxylic acids is 1. The van der Waals surface area contributed by atoms with Crippen molar-refractivity contribution in [3.05, 3.63) is 29.6 Å². The van der Waals surface area contributed by atoms with Gasteiger partial charge in [-0.15, -0.1) is 0 Å². The van der Waals surface area contributed by atoms with Crippen LogP contribution in [-0.2, 0) is 9.53 Å². The van der Waals surface area contributed by atoms with E-state index in [0.717, 1.165) is 0 Å². The number of hydrogen-bond acceptors (Lipinski definition) is 4. The zero-order valence-electron chi connectivity index (χ0n) is 11.6. The number of aryl methyl sites for hydroxylation is 1. The first-order chi connectivity index (χ1) is 9.56. The Morgan fingerprint density at radius 2 is 2.25 bits per heavy atom. The number of likely N-dealkylation sites (N-methyl/N-ethyl adjacent to an activating group) is 1. The smallest absolute Gasteiger partial charge is 0.311 e. The van der Waals surface area contributed by atoms with Gasteiger partial charge in [0.05, 0.1) is 24.8 Å². The second-order valence-corrected chi connectivity index (χ2v) is 4.78. The monoisotopic (exact) mass is 278 g/mol. The maximum Gasteiger partial charge on any atom is 0.311 e. The van der Waals surface area contributed by atoms with E-state index in [2.05, 4.69) is 4.98 Å². The first-order valence-electron chi connectivity index (χ1n) is 6.59. The molecule has 1 fully saturated rings. The Hall–Kier alpha value is -1.95. The van der Waals surface area contributed by atoms with Gasteiger partial charge in [-0.1, -0.05) is 0 Å². The van der Waals surface area contributed by atoms with Crippen LogP contribution in [-0.4, -0.2) is 52.7 Å². The van der Waals surface area contributed by atoms with Gasteiger partial charge in [0.25, 0.3) is 5.91 Å².